The molecule has 0 atom stereocenters. The van der Waals surface area contributed by atoms with Crippen LogP contribution in [0.15, 0.2) is 18.2 Å². The van der Waals surface area contributed by atoms with E-state index in [4.69, 9.17) is 9.47 Å². The minimum Gasteiger partial charge on any atom is -0.493 e. The summed E-state index contributed by atoms with van der Waals surface area (Å²) in [6, 6.07) is 6.53. The number of ether oxygens (including phenoxy) is 2. The number of rotatable bonds is 8. The van der Waals surface area contributed by atoms with Crippen LogP contribution in [0, 0.1) is 0 Å². The first-order valence-corrected chi connectivity index (χ1v) is 6.79. The Hall–Kier alpha value is -1.22. The van der Waals surface area contributed by atoms with Crippen molar-refractivity contribution in [2.75, 3.05) is 13.2 Å². The van der Waals surface area contributed by atoms with Gasteiger partial charge >= 0.3 is 0 Å². The lowest BCUT2D eigenvalue weighted by molar-refractivity contribution is 0.307. The third-order valence-corrected chi connectivity index (χ3v) is 2.51. The van der Waals surface area contributed by atoms with Gasteiger partial charge < -0.3 is 14.8 Å². The predicted octanol–water partition coefficient (Wildman–Crippen LogP) is 3.37. The average Bonchev–Trinajstić information content (AvgIpc) is 2.35. The van der Waals surface area contributed by atoms with E-state index < -0.39 is 0 Å². The van der Waals surface area contributed by atoms with Gasteiger partial charge in [-0.1, -0.05) is 26.8 Å². The van der Waals surface area contributed by atoms with E-state index >= 15 is 0 Å². The van der Waals surface area contributed by atoms with Gasteiger partial charge in [0.1, 0.15) is 11.5 Å². The van der Waals surface area contributed by atoms with Gasteiger partial charge in [-0.15, -0.1) is 0 Å². The van der Waals surface area contributed by atoms with Crippen molar-refractivity contribution in [1.29, 1.82) is 0 Å². The van der Waals surface area contributed by atoms with Gasteiger partial charge in [-0.2, -0.15) is 0 Å². The second kappa shape index (κ2) is 7.98. The van der Waals surface area contributed by atoms with Crippen molar-refractivity contribution in [3.8, 4) is 11.5 Å². The lowest BCUT2D eigenvalue weighted by Crippen LogP contribution is -2.22. The molecule has 0 aromatic heterocycles. The Morgan fingerprint density at radius 3 is 2.56 bits per heavy atom. The first-order chi connectivity index (χ1) is 8.67. The van der Waals surface area contributed by atoms with Gasteiger partial charge in [-0.3, -0.25) is 0 Å². The van der Waals surface area contributed by atoms with Gasteiger partial charge in [0.25, 0.3) is 0 Å². The van der Waals surface area contributed by atoms with Crippen LogP contribution in [0.3, 0.4) is 0 Å². The smallest absolute Gasteiger partial charge is 0.127 e. The zero-order chi connectivity index (χ0) is 13.4. The Morgan fingerprint density at radius 1 is 1.17 bits per heavy atom. The third kappa shape index (κ3) is 4.96. The van der Waals surface area contributed by atoms with E-state index in [9.17, 15) is 0 Å². The summed E-state index contributed by atoms with van der Waals surface area (Å²) in [5, 5.41) is 3.40. The minimum atomic E-state index is 0.468. The van der Waals surface area contributed by atoms with E-state index in [-0.39, 0.29) is 0 Å². The second-order valence-corrected chi connectivity index (χ2v) is 4.59. The summed E-state index contributed by atoms with van der Waals surface area (Å²) in [6.07, 6.45) is 1.01. The normalized spacial score (nSPS) is 10.7. The largest absolute Gasteiger partial charge is 0.493 e. The molecule has 0 aliphatic heterocycles. The summed E-state index contributed by atoms with van der Waals surface area (Å²) in [7, 11) is 0. The summed E-state index contributed by atoms with van der Waals surface area (Å²) >= 11 is 0. The van der Waals surface area contributed by atoms with Crippen LogP contribution in [0.2, 0.25) is 0 Å². The molecule has 0 radical (unpaired) electrons. The molecule has 0 heterocycles. The monoisotopic (exact) mass is 251 g/mol. The average molecular weight is 251 g/mol. The predicted molar refractivity (Wildman–Crippen MR) is 75.4 cm³/mol. The quantitative estimate of drug-likeness (QED) is 0.768. The first kappa shape index (κ1) is 14.8. The van der Waals surface area contributed by atoms with Crippen molar-refractivity contribution in [2.24, 2.45) is 0 Å². The third-order valence-electron chi connectivity index (χ3n) is 2.51. The molecule has 0 spiro atoms. The fourth-order valence-corrected chi connectivity index (χ4v) is 1.59. The van der Waals surface area contributed by atoms with Crippen LogP contribution < -0.4 is 14.8 Å². The van der Waals surface area contributed by atoms with E-state index in [0.29, 0.717) is 12.6 Å². The lowest BCUT2D eigenvalue weighted by atomic mass is 10.2. The van der Waals surface area contributed by atoms with Crippen molar-refractivity contribution >= 4 is 0 Å². The Balaban J connectivity index is 2.75. The highest BCUT2D eigenvalue weighted by molar-refractivity contribution is 5.40. The Labute approximate surface area is 110 Å². The molecule has 0 amide bonds. The van der Waals surface area contributed by atoms with Gasteiger partial charge in [-0.25, -0.2) is 0 Å². The van der Waals surface area contributed by atoms with Crippen molar-refractivity contribution in [1.82, 2.24) is 5.32 Å². The number of hydrogen-bond donors (Lipinski definition) is 1. The molecule has 18 heavy (non-hydrogen) atoms. The van der Waals surface area contributed by atoms with E-state index in [1.165, 1.54) is 5.56 Å². The SMILES string of the molecule is CCCOc1ccc(CNC(C)C)c(OCC)c1. The fraction of sp³-hybridized carbons (Fsp3) is 0.600. The first-order valence-electron chi connectivity index (χ1n) is 6.79. The van der Waals surface area contributed by atoms with Gasteiger partial charge in [-0.05, 0) is 19.4 Å². The Bertz CT molecular complexity index is 350. The van der Waals surface area contributed by atoms with Crippen molar-refractivity contribution < 1.29 is 9.47 Å². The molecule has 3 nitrogen and oxygen atoms in total. The number of hydrogen-bond acceptors (Lipinski definition) is 3. The van der Waals surface area contributed by atoms with E-state index in [1.54, 1.807) is 0 Å². The Kier molecular flexibility index (Phi) is 6.58. The van der Waals surface area contributed by atoms with Crippen LogP contribution in [0.5, 0.6) is 11.5 Å². The van der Waals surface area contributed by atoms with E-state index in [2.05, 4.69) is 32.2 Å². The summed E-state index contributed by atoms with van der Waals surface area (Å²) < 4.78 is 11.3. The molecule has 0 aliphatic rings. The zero-order valence-electron chi connectivity index (χ0n) is 12.0. The number of benzene rings is 1. The van der Waals surface area contributed by atoms with Crippen LogP contribution in [0.25, 0.3) is 0 Å². The van der Waals surface area contributed by atoms with Gasteiger partial charge in [0, 0.05) is 24.2 Å². The molecule has 0 aliphatic carbocycles. The summed E-state index contributed by atoms with van der Waals surface area (Å²) in [5.41, 5.74) is 1.18. The van der Waals surface area contributed by atoms with Gasteiger partial charge in [0.2, 0.25) is 0 Å². The van der Waals surface area contributed by atoms with E-state index in [0.717, 1.165) is 31.1 Å². The van der Waals surface area contributed by atoms with Gasteiger partial charge in [0.05, 0.1) is 13.2 Å². The highest BCUT2D eigenvalue weighted by atomic mass is 16.5. The summed E-state index contributed by atoms with van der Waals surface area (Å²) in [5.74, 6) is 1.80. The highest BCUT2D eigenvalue weighted by Gasteiger charge is 2.06. The van der Waals surface area contributed by atoms with Crippen molar-refractivity contribution in [2.45, 2.75) is 46.7 Å². The minimum absolute atomic E-state index is 0.468. The highest BCUT2D eigenvalue weighted by Crippen LogP contribution is 2.25. The summed E-state index contributed by atoms with van der Waals surface area (Å²) in [4.78, 5) is 0. The van der Waals surface area contributed by atoms with Crippen LogP contribution in [0.4, 0.5) is 0 Å². The maximum absolute atomic E-state index is 5.67. The molecule has 0 bridgehead atoms. The zero-order valence-corrected chi connectivity index (χ0v) is 12.0. The Morgan fingerprint density at radius 2 is 1.94 bits per heavy atom. The van der Waals surface area contributed by atoms with Crippen LogP contribution in [-0.4, -0.2) is 19.3 Å². The van der Waals surface area contributed by atoms with Crippen molar-refractivity contribution in [3.63, 3.8) is 0 Å². The molecule has 0 saturated carbocycles. The van der Waals surface area contributed by atoms with Crippen LogP contribution >= 0.6 is 0 Å². The summed E-state index contributed by atoms with van der Waals surface area (Å²) in [6.45, 7) is 10.6. The molecule has 1 rings (SSSR count). The standard InChI is InChI=1S/C15H25NO2/c1-5-9-18-14-8-7-13(11-16-12(3)4)15(10-14)17-6-2/h7-8,10,12,16H,5-6,9,11H2,1-4H3. The lowest BCUT2D eigenvalue weighted by Gasteiger charge is -2.14. The molecular formula is C15H25NO2. The van der Waals surface area contributed by atoms with Crippen molar-refractivity contribution in [3.05, 3.63) is 23.8 Å². The van der Waals surface area contributed by atoms with E-state index in [1.807, 2.05) is 19.1 Å². The molecule has 1 aromatic carbocycles. The molecule has 0 saturated heterocycles. The fourth-order valence-electron chi connectivity index (χ4n) is 1.59. The second-order valence-electron chi connectivity index (χ2n) is 4.59. The maximum atomic E-state index is 5.67. The maximum Gasteiger partial charge on any atom is 0.127 e. The number of nitrogens with one attached hydrogen (secondary N) is 1. The molecule has 1 aromatic rings. The topological polar surface area (TPSA) is 30.5 Å². The van der Waals surface area contributed by atoms with Crippen LogP contribution in [-0.2, 0) is 6.54 Å². The molecule has 0 fully saturated rings. The molecule has 1 N–H and O–H groups in total. The molecule has 3 heteroatoms. The van der Waals surface area contributed by atoms with Gasteiger partial charge in [0.15, 0.2) is 0 Å². The molecule has 0 unspecified atom stereocenters. The van der Waals surface area contributed by atoms with Crippen LogP contribution in [0.1, 0.15) is 39.7 Å². The molecular weight excluding hydrogens is 226 g/mol. The molecule has 102 valence electrons.